The van der Waals surface area contributed by atoms with Gasteiger partial charge in [-0.2, -0.15) is 0 Å². The Morgan fingerprint density at radius 3 is 2.80 bits per heavy atom. The van der Waals surface area contributed by atoms with Gasteiger partial charge in [-0.15, -0.1) is 0 Å². The molecule has 1 aliphatic heterocycles. The van der Waals surface area contributed by atoms with Crippen molar-refractivity contribution >= 4 is 15.8 Å². The molecule has 20 heavy (non-hydrogen) atoms. The van der Waals surface area contributed by atoms with Crippen LogP contribution >= 0.6 is 0 Å². The maximum absolute atomic E-state index is 12.3. The van der Waals surface area contributed by atoms with Crippen molar-refractivity contribution in [3.63, 3.8) is 0 Å². The average Bonchev–Trinajstić information content (AvgIpc) is 2.39. The first-order valence-corrected chi connectivity index (χ1v) is 8.25. The summed E-state index contributed by atoms with van der Waals surface area (Å²) in [5.41, 5.74) is -0.544. The highest BCUT2D eigenvalue weighted by Gasteiger charge is 2.32. The number of hydrogen-bond acceptors (Lipinski definition) is 5. The van der Waals surface area contributed by atoms with Gasteiger partial charge in [0.2, 0.25) is 10.0 Å². The van der Waals surface area contributed by atoms with E-state index in [9.17, 15) is 8.42 Å². The SMILES string of the molecule is CCNc1ccc(S(=O)(=O)NC2(C)CCCOC2)cn1. The molecule has 1 unspecified atom stereocenters. The van der Waals surface area contributed by atoms with Crippen LogP contribution in [0.1, 0.15) is 26.7 Å². The summed E-state index contributed by atoms with van der Waals surface area (Å²) in [7, 11) is -3.57. The molecule has 0 bridgehead atoms. The van der Waals surface area contributed by atoms with Crippen molar-refractivity contribution in [2.75, 3.05) is 25.1 Å². The molecule has 2 N–H and O–H groups in total. The largest absolute Gasteiger partial charge is 0.380 e. The fourth-order valence-electron chi connectivity index (χ4n) is 2.22. The lowest BCUT2D eigenvalue weighted by Crippen LogP contribution is -2.51. The van der Waals surface area contributed by atoms with Crippen LogP contribution in [0.2, 0.25) is 0 Å². The number of nitrogens with one attached hydrogen (secondary N) is 2. The molecule has 112 valence electrons. The Bertz CT molecular complexity index is 536. The maximum Gasteiger partial charge on any atom is 0.242 e. The molecule has 0 aromatic carbocycles. The summed E-state index contributed by atoms with van der Waals surface area (Å²) in [4.78, 5) is 4.26. The van der Waals surface area contributed by atoms with Gasteiger partial charge in [0.05, 0.1) is 12.1 Å². The predicted molar refractivity (Wildman–Crippen MR) is 77.2 cm³/mol. The Labute approximate surface area is 120 Å². The van der Waals surface area contributed by atoms with Crippen LogP contribution in [-0.4, -0.2) is 38.7 Å². The molecule has 1 fully saturated rings. The zero-order valence-corrected chi connectivity index (χ0v) is 12.7. The number of sulfonamides is 1. The Balaban J connectivity index is 2.13. The van der Waals surface area contributed by atoms with E-state index in [0.717, 1.165) is 19.4 Å². The first-order valence-electron chi connectivity index (χ1n) is 6.77. The van der Waals surface area contributed by atoms with E-state index in [0.29, 0.717) is 19.0 Å². The molecule has 1 saturated heterocycles. The number of pyridine rings is 1. The summed E-state index contributed by atoms with van der Waals surface area (Å²) in [6, 6.07) is 3.22. The third-order valence-corrected chi connectivity index (χ3v) is 4.85. The Hall–Kier alpha value is -1.18. The van der Waals surface area contributed by atoms with Crippen LogP contribution in [-0.2, 0) is 14.8 Å². The van der Waals surface area contributed by atoms with Gasteiger partial charge in [-0.25, -0.2) is 18.1 Å². The molecule has 0 spiro atoms. The van der Waals surface area contributed by atoms with Crippen molar-refractivity contribution in [3.8, 4) is 0 Å². The minimum atomic E-state index is -3.57. The molecule has 0 saturated carbocycles. The number of rotatable bonds is 5. The summed E-state index contributed by atoms with van der Waals surface area (Å²) < 4.78 is 32.8. The zero-order valence-electron chi connectivity index (χ0n) is 11.8. The highest BCUT2D eigenvalue weighted by Crippen LogP contribution is 2.21. The van der Waals surface area contributed by atoms with Crippen LogP contribution in [0, 0.1) is 0 Å². The predicted octanol–water partition coefficient (Wildman–Crippen LogP) is 1.36. The standard InChI is InChI=1S/C13H21N3O3S/c1-3-14-12-6-5-11(9-15-12)20(17,18)16-13(2)7-4-8-19-10-13/h5-6,9,16H,3-4,7-8,10H2,1-2H3,(H,14,15). The minimum absolute atomic E-state index is 0.172. The van der Waals surface area contributed by atoms with Crippen molar-refractivity contribution in [1.82, 2.24) is 9.71 Å². The molecule has 0 amide bonds. The van der Waals surface area contributed by atoms with Crippen LogP contribution in [0.4, 0.5) is 5.82 Å². The molecule has 6 nitrogen and oxygen atoms in total. The van der Waals surface area contributed by atoms with E-state index in [1.165, 1.54) is 6.20 Å². The topological polar surface area (TPSA) is 80.3 Å². The first-order chi connectivity index (χ1) is 9.45. The van der Waals surface area contributed by atoms with Crippen LogP contribution in [0.25, 0.3) is 0 Å². The van der Waals surface area contributed by atoms with E-state index in [-0.39, 0.29) is 4.90 Å². The molecule has 0 aliphatic carbocycles. The lowest BCUT2D eigenvalue weighted by molar-refractivity contribution is 0.0386. The molecule has 2 heterocycles. The quantitative estimate of drug-likeness (QED) is 0.858. The van der Waals surface area contributed by atoms with Crippen molar-refractivity contribution in [1.29, 1.82) is 0 Å². The number of aromatic nitrogens is 1. The molecular weight excluding hydrogens is 278 g/mol. The van der Waals surface area contributed by atoms with Crippen LogP contribution in [0.15, 0.2) is 23.2 Å². The van der Waals surface area contributed by atoms with Crippen LogP contribution < -0.4 is 10.0 Å². The third-order valence-electron chi connectivity index (χ3n) is 3.22. The number of anilines is 1. The Morgan fingerprint density at radius 1 is 1.45 bits per heavy atom. The highest BCUT2D eigenvalue weighted by atomic mass is 32.2. The number of hydrogen-bond donors (Lipinski definition) is 2. The monoisotopic (exact) mass is 299 g/mol. The van der Waals surface area contributed by atoms with E-state index in [4.69, 9.17) is 4.74 Å². The van der Waals surface area contributed by atoms with Crippen molar-refractivity contribution < 1.29 is 13.2 Å². The molecule has 1 aromatic rings. The number of ether oxygens (including phenoxy) is 1. The van der Waals surface area contributed by atoms with Gasteiger partial charge in [-0.1, -0.05) is 0 Å². The van der Waals surface area contributed by atoms with Gasteiger partial charge >= 0.3 is 0 Å². The first kappa shape index (κ1) is 15.2. The van der Waals surface area contributed by atoms with Gasteiger partial charge in [0.1, 0.15) is 10.7 Å². The Kier molecular flexibility index (Phi) is 4.62. The van der Waals surface area contributed by atoms with Gasteiger partial charge in [0.25, 0.3) is 0 Å². The summed E-state index contributed by atoms with van der Waals surface area (Å²) in [6.45, 7) is 5.65. The maximum atomic E-state index is 12.3. The van der Waals surface area contributed by atoms with Crippen molar-refractivity contribution in [3.05, 3.63) is 18.3 Å². The zero-order chi connectivity index (χ0) is 14.6. The van der Waals surface area contributed by atoms with Gasteiger partial charge < -0.3 is 10.1 Å². The fraction of sp³-hybridized carbons (Fsp3) is 0.615. The minimum Gasteiger partial charge on any atom is -0.380 e. The summed E-state index contributed by atoms with van der Waals surface area (Å²) >= 11 is 0. The van der Waals surface area contributed by atoms with Crippen LogP contribution in [0.3, 0.4) is 0 Å². The average molecular weight is 299 g/mol. The normalized spacial score (nSPS) is 23.5. The molecular formula is C13H21N3O3S. The molecule has 1 atom stereocenters. The van der Waals surface area contributed by atoms with Crippen LogP contribution in [0.5, 0.6) is 0 Å². The summed E-state index contributed by atoms with van der Waals surface area (Å²) in [5.74, 6) is 0.665. The number of nitrogens with zero attached hydrogens (tertiary/aromatic N) is 1. The lowest BCUT2D eigenvalue weighted by atomic mass is 9.97. The fourth-order valence-corrected chi connectivity index (χ4v) is 3.59. The van der Waals surface area contributed by atoms with Gasteiger partial charge in [-0.3, -0.25) is 0 Å². The van der Waals surface area contributed by atoms with Crippen molar-refractivity contribution in [2.24, 2.45) is 0 Å². The van der Waals surface area contributed by atoms with Gasteiger partial charge in [-0.05, 0) is 38.8 Å². The van der Waals surface area contributed by atoms with Gasteiger partial charge in [0, 0.05) is 19.3 Å². The van der Waals surface area contributed by atoms with E-state index in [2.05, 4.69) is 15.0 Å². The lowest BCUT2D eigenvalue weighted by Gasteiger charge is -2.33. The molecule has 1 aromatic heterocycles. The molecule has 0 radical (unpaired) electrons. The molecule has 1 aliphatic rings. The smallest absolute Gasteiger partial charge is 0.242 e. The third kappa shape index (κ3) is 3.68. The van der Waals surface area contributed by atoms with E-state index in [1.807, 2.05) is 13.8 Å². The summed E-state index contributed by atoms with van der Waals surface area (Å²) in [6.07, 6.45) is 3.00. The second-order valence-electron chi connectivity index (χ2n) is 5.23. The molecule has 7 heteroatoms. The second kappa shape index (κ2) is 6.07. The van der Waals surface area contributed by atoms with E-state index in [1.54, 1.807) is 12.1 Å². The Morgan fingerprint density at radius 2 is 2.25 bits per heavy atom. The van der Waals surface area contributed by atoms with Gasteiger partial charge in [0.15, 0.2) is 0 Å². The second-order valence-corrected chi connectivity index (χ2v) is 6.91. The highest BCUT2D eigenvalue weighted by molar-refractivity contribution is 7.89. The summed E-state index contributed by atoms with van der Waals surface area (Å²) in [5, 5.41) is 3.03. The van der Waals surface area contributed by atoms with Crippen molar-refractivity contribution in [2.45, 2.75) is 37.1 Å². The van der Waals surface area contributed by atoms with E-state index >= 15 is 0 Å². The van der Waals surface area contributed by atoms with E-state index < -0.39 is 15.6 Å². The molecule has 2 rings (SSSR count).